The number of carbonyl (C=O) groups is 1. The lowest BCUT2D eigenvalue weighted by Crippen LogP contribution is -2.17. The molecule has 1 aromatic rings. The first-order valence-electron chi connectivity index (χ1n) is 3.64. The minimum atomic E-state index is -0.467. The van der Waals surface area contributed by atoms with E-state index in [1.54, 1.807) is 6.92 Å². The summed E-state index contributed by atoms with van der Waals surface area (Å²) >= 11 is 0. The van der Waals surface area contributed by atoms with E-state index in [-0.39, 0.29) is 5.75 Å². The Bertz CT molecular complexity index is 380. The van der Waals surface area contributed by atoms with Crippen LogP contribution in [0.4, 0.5) is 0 Å². The second-order valence-corrected chi connectivity index (χ2v) is 2.57. The van der Waals surface area contributed by atoms with Crippen LogP contribution < -0.4 is 5.32 Å². The Labute approximate surface area is 75.4 Å². The van der Waals surface area contributed by atoms with Gasteiger partial charge in [0.15, 0.2) is 6.19 Å². The third-order valence-corrected chi connectivity index (χ3v) is 1.63. The standard InChI is InChI=1S/C9H8N2O2/c1-6-4-7(2-3-8(6)12)9(13)11-5-10/h2-4,12H,1H3,(H,11,13). The predicted molar refractivity (Wildman–Crippen MR) is 45.9 cm³/mol. The number of nitrogens with one attached hydrogen (secondary N) is 1. The number of rotatable bonds is 1. The zero-order valence-electron chi connectivity index (χ0n) is 7.03. The number of nitriles is 1. The van der Waals surface area contributed by atoms with Gasteiger partial charge in [-0.15, -0.1) is 0 Å². The molecule has 0 aliphatic carbocycles. The highest BCUT2D eigenvalue weighted by Crippen LogP contribution is 2.16. The maximum Gasteiger partial charge on any atom is 0.264 e. The third-order valence-electron chi connectivity index (χ3n) is 1.63. The van der Waals surface area contributed by atoms with Crippen LogP contribution in [0, 0.1) is 18.4 Å². The molecule has 4 heteroatoms. The summed E-state index contributed by atoms with van der Waals surface area (Å²) in [5.41, 5.74) is 0.961. The lowest BCUT2D eigenvalue weighted by molar-refractivity contribution is 0.0973. The minimum absolute atomic E-state index is 0.133. The zero-order chi connectivity index (χ0) is 9.84. The molecule has 0 spiro atoms. The zero-order valence-corrected chi connectivity index (χ0v) is 7.03. The minimum Gasteiger partial charge on any atom is -0.508 e. The molecular formula is C9H8N2O2. The van der Waals surface area contributed by atoms with Crippen molar-refractivity contribution in [3.8, 4) is 11.9 Å². The monoisotopic (exact) mass is 176 g/mol. The smallest absolute Gasteiger partial charge is 0.264 e. The van der Waals surface area contributed by atoms with Crippen LogP contribution in [0.3, 0.4) is 0 Å². The van der Waals surface area contributed by atoms with Gasteiger partial charge in [-0.3, -0.25) is 10.1 Å². The van der Waals surface area contributed by atoms with Crippen LogP contribution in [0.1, 0.15) is 15.9 Å². The fraction of sp³-hybridized carbons (Fsp3) is 0.111. The van der Waals surface area contributed by atoms with E-state index in [1.807, 2.05) is 5.32 Å². The predicted octanol–water partition coefficient (Wildman–Crippen LogP) is 0.911. The maximum atomic E-state index is 11.1. The first-order valence-corrected chi connectivity index (χ1v) is 3.64. The van der Waals surface area contributed by atoms with Crippen molar-refractivity contribution in [1.82, 2.24) is 5.32 Å². The van der Waals surface area contributed by atoms with Gasteiger partial charge in [0.25, 0.3) is 5.91 Å². The first kappa shape index (κ1) is 9.07. The molecule has 66 valence electrons. The van der Waals surface area contributed by atoms with Gasteiger partial charge in [0, 0.05) is 5.56 Å². The number of hydrogen-bond acceptors (Lipinski definition) is 3. The average molecular weight is 176 g/mol. The fourth-order valence-electron chi connectivity index (χ4n) is 0.920. The summed E-state index contributed by atoms with van der Waals surface area (Å²) in [6.07, 6.45) is 1.54. The first-order chi connectivity index (χ1) is 6.15. The van der Waals surface area contributed by atoms with Crippen molar-refractivity contribution in [3.63, 3.8) is 0 Å². The molecular weight excluding hydrogens is 168 g/mol. The van der Waals surface area contributed by atoms with E-state index in [2.05, 4.69) is 0 Å². The van der Waals surface area contributed by atoms with E-state index in [9.17, 15) is 4.79 Å². The number of phenolic OH excluding ortho intramolecular Hbond substituents is 1. The van der Waals surface area contributed by atoms with Gasteiger partial charge in [-0.25, -0.2) is 0 Å². The van der Waals surface area contributed by atoms with Crippen LogP contribution in [0.15, 0.2) is 18.2 Å². The number of phenols is 1. The van der Waals surface area contributed by atoms with Crippen molar-refractivity contribution in [3.05, 3.63) is 29.3 Å². The van der Waals surface area contributed by atoms with Gasteiger partial charge in [-0.05, 0) is 30.7 Å². The Morgan fingerprint density at radius 2 is 2.31 bits per heavy atom. The second kappa shape index (κ2) is 3.59. The van der Waals surface area contributed by atoms with E-state index in [4.69, 9.17) is 10.4 Å². The summed E-state index contributed by atoms with van der Waals surface area (Å²) in [4.78, 5) is 11.1. The average Bonchev–Trinajstić information content (AvgIpc) is 2.10. The number of hydrogen-bond donors (Lipinski definition) is 2. The topological polar surface area (TPSA) is 73.1 Å². The lowest BCUT2D eigenvalue weighted by atomic mass is 10.1. The van der Waals surface area contributed by atoms with Crippen molar-refractivity contribution in [1.29, 1.82) is 5.26 Å². The van der Waals surface area contributed by atoms with Crippen molar-refractivity contribution < 1.29 is 9.90 Å². The molecule has 0 aliphatic rings. The molecule has 0 unspecified atom stereocenters. The highest BCUT2D eigenvalue weighted by Gasteiger charge is 2.05. The maximum absolute atomic E-state index is 11.1. The van der Waals surface area contributed by atoms with Crippen molar-refractivity contribution in [2.75, 3.05) is 0 Å². The number of amides is 1. The van der Waals surface area contributed by atoms with Gasteiger partial charge in [-0.1, -0.05) is 0 Å². The number of carbonyl (C=O) groups excluding carboxylic acids is 1. The molecule has 1 amide bonds. The van der Waals surface area contributed by atoms with E-state index >= 15 is 0 Å². The van der Waals surface area contributed by atoms with E-state index in [0.29, 0.717) is 11.1 Å². The molecule has 13 heavy (non-hydrogen) atoms. The largest absolute Gasteiger partial charge is 0.508 e. The molecule has 0 bridgehead atoms. The van der Waals surface area contributed by atoms with Crippen LogP contribution in [0.25, 0.3) is 0 Å². The molecule has 0 saturated carbocycles. The highest BCUT2D eigenvalue weighted by molar-refractivity contribution is 5.95. The van der Waals surface area contributed by atoms with Gasteiger partial charge in [0.1, 0.15) is 5.75 Å². The van der Waals surface area contributed by atoms with Crippen molar-refractivity contribution >= 4 is 5.91 Å². The molecule has 2 N–H and O–H groups in total. The molecule has 0 heterocycles. The van der Waals surface area contributed by atoms with Crippen LogP contribution in [-0.4, -0.2) is 11.0 Å². The lowest BCUT2D eigenvalue weighted by Gasteiger charge is -2.01. The van der Waals surface area contributed by atoms with E-state index < -0.39 is 5.91 Å². The SMILES string of the molecule is Cc1cc(C(=O)NC#N)ccc1O. The quantitative estimate of drug-likeness (QED) is 0.493. The molecule has 4 nitrogen and oxygen atoms in total. The number of nitrogens with zero attached hydrogens (tertiary/aromatic N) is 1. The summed E-state index contributed by atoms with van der Waals surface area (Å²) in [6.45, 7) is 1.68. The van der Waals surface area contributed by atoms with Crippen LogP contribution in [-0.2, 0) is 0 Å². The van der Waals surface area contributed by atoms with Gasteiger partial charge in [0.2, 0.25) is 0 Å². The Morgan fingerprint density at radius 1 is 1.62 bits per heavy atom. The number of benzene rings is 1. The molecule has 1 rings (SSSR count). The van der Waals surface area contributed by atoms with Crippen LogP contribution >= 0.6 is 0 Å². The normalized spacial score (nSPS) is 8.92. The van der Waals surface area contributed by atoms with Gasteiger partial charge in [-0.2, -0.15) is 5.26 Å². The number of aryl methyl sites for hydroxylation is 1. The third kappa shape index (κ3) is 1.97. The van der Waals surface area contributed by atoms with Gasteiger partial charge >= 0.3 is 0 Å². The van der Waals surface area contributed by atoms with Crippen molar-refractivity contribution in [2.24, 2.45) is 0 Å². The molecule has 0 fully saturated rings. The highest BCUT2D eigenvalue weighted by atomic mass is 16.3. The Morgan fingerprint density at radius 3 is 2.85 bits per heavy atom. The Kier molecular flexibility index (Phi) is 2.50. The Hall–Kier alpha value is -2.02. The molecule has 0 saturated heterocycles. The van der Waals surface area contributed by atoms with Crippen molar-refractivity contribution in [2.45, 2.75) is 6.92 Å². The summed E-state index contributed by atoms with van der Waals surface area (Å²) < 4.78 is 0. The molecule has 0 aliphatic heterocycles. The van der Waals surface area contributed by atoms with Crippen LogP contribution in [0.5, 0.6) is 5.75 Å². The molecule has 0 radical (unpaired) electrons. The summed E-state index contributed by atoms with van der Waals surface area (Å²) in [7, 11) is 0. The molecule has 0 atom stereocenters. The summed E-state index contributed by atoms with van der Waals surface area (Å²) in [5, 5.41) is 19.3. The Balaban J connectivity index is 2.98. The second-order valence-electron chi connectivity index (χ2n) is 2.57. The summed E-state index contributed by atoms with van der Waals surface area (Å²) in [5.74, 6) is -0.334. The fourth-order valence-corrected chi connectivity index (χ4v) is 0.920. The van der Waals surface area contributed by atoms with Gasteiger partial charge in [0.05, 0.1) is 0 Å². The van der Waals surface area contributed by atoms with E-state index in [1.165, 1.54) is 24.4 Å². The molecule has 0 aromatic heterocycles. The van der Waals surface area contributed by atoms with E-state index in [0.717, 1.165) is 0 Å². The van der Waals surface area contributed by atoms with Crippen LogP contribution in [0.2, 0.25) is 0 Å². The molecule has 1 aromatic carbocycles. The number of aromatic hydroxyl groups is 1. The summed E-state index contributed by atoms with van der Waals surface area (Å²) in [6, 6.07) is 4.39. The van der Waals surface area contributed by atoms with Gasteiger partial charge < -0.3 is 5.11 Å².